The molecule has 0 radical (unpaired) electrons. The van der Waals surface area contributed by atoms with E-state index in [2.05, 4.69) is 11.9 Å². The molecule has 0 unspecified atom stereocenters. The van der Waals surface area contributed by atoms with E-state index in [0.29, 0.717) is 36.8 Å². The number of hydrogen-bond acceptors (Lipinski definition) is 6. The second-order valence-corrected chi connectivity index (χ2v) is 7.72. The first kappa shape index (κ1) is 25.4. The summed E-state index contributed by atoms with van der Waals surface area (Å²) >= 11 is 0. The van der Waals surface area contributed by atoms with Crippen LogP contribution in [0.4, 0.5) is 0 Å². The Bertz CT molecular complexity index is 747. The Hall–Kier alpha value is -2.61. The first-order chi connectivity index (χ1) is 14.1. The van der Waals surface area contributed by atoms with E-state index >= 15 is 0 Å². The van der Waals surface area contributed by atoms with Gasteiger partial charge in [-0.05, 0) is 52.2 Å². The van der Waals surface area contributed by atoms with Gasteiger partial charge in [0.25, 0.3) is 0 Å². The molecule has 8 heteroatoms. The maximum Gasteiger partial charge on any atom is 0.241 e. The lowest BCUT2D eigenvalue weighted by Crippen LogP contribution is -2.41. The maximum absolute atomic E-state index is 12.3. The monoisotopic (exact) mass is 418 g/mol. The number of ether oxygens (including phenoxy) is 1. The summed E-state index contributed by atoms with van der Waals surface area (Å²) in [5.74, 6) is 0.542. The first-order valence-corrected chi connectivity index (χ1v) is 10.4. The van der Waals surface area contributed by atoms with Gasteiger partial charge in [-0.15, -0.1) is 0 Å². The summed E-state index contributed by atoms with van der Waals surface area (Å²) in [5.41, 5.74) is 13.7. The molecule has 0 heterocycles. The molecule has 0 aromatic heterocycles. The number of carbonyl (C=O) groups is 1. The smallest absolute Gasteiger partial charge is 0.241 e. The quantitative estimate of drug-likeness (QED) is 0.269. The van der Waals surface area contributed by atoms with Gasteiger partial charge in [0.2, 0.25) is 5.91 Å². The molecule has 1 amide bonds. The summed E-state index contributed by atoms with van der Waals surface area (Å²) in [6.07, 6.45) is 7.39. The Kier molecular flexibility index (Phi) is 9.78. The molecule has 1 rings (SSSR count). The molecule has 5 N–H and O–H groups in total. The minimum Gasteiger partial charge on any atom is -0.398 e. The molecule has 0 bridgehead atoms. The summed E-state index contributed by atoms with van der Waals surface area (Å²) in [6.45, 7) is 9.63. The number of amidine groups is 1. The zero-order valence-corrected chi connectivity index (χ0v) is 19.3. The molecule has 168 valence electrons. The van der Waals surface area contributed by atoms with Crippen molar-refractivity contribution in [2.75, 3.05) is 40.3 Å². The topological polar surface area (TPSA) is 121 Å². The van der Waals surface area contributed by atoms with Crippen molar-refractivity contribution in [2.24, 2.45) is 16.5 Å². The van der Waals surface area contributed by atoms with Gasteiger partial charge in [-0.3, -0.25) is 15.2 Å². The van der Waals surface area contributed by atoms with Crippen molar-refractivity contribution in [3.05, 3.63) is 35.2 Å². The summed E-state index contributed by atoms with van der Waals surface area (Å²) in [4.78, 5) is 20.0. The van der Waals surface area contributed by atoms with E-state index in [1.807, 2.05) is 24.8 Å². The molecule has 0 aromatic carbocycles. The summed E-state index contributed by atoms with van der Waals surface area (Å²) in [6, 6.07) is 0. The van der Waals surface area contributed by atoms with Crippen molar-refractivity contribution >= 4 is 17.5 Å². The van der Waals surface area contributed by atoms with E-state index in [-0.39, 0.29) is 29.5 Å². The molecule has 30 heavy (non-hydrogen) atoms. The van der Waals surface area contributed by atoms with Crippen LogP contribution in [-0.4, -0.2) is 73.2 Å². The van der Waals surface area contributed by atoms with Gasteiger partial charge in [0.15, 0.2) is 0 Å². The van der Waals surface area contributed by atoms with Crippen molar-refractivity contribution in [3.8, 4) is 0 Å². The fraction of sp³-hybridized carbons (Fsp3) is 0.591. The fourth-order valence-corrected chi connectivity index (χ4v) is 2.55. The van der Waals surface area contributed by atoms with Gasteiger partial charge in [0.1, 0.15) is 5.84 Å². The summed E-state index contributed by atoms with van der Waals surface area (Å²) in [7, 11) is 3.40. The van der Waals surface area contributed by atoms with Gasteiger partial charge < -0.3 is 26.0 Å². The highest BCUT2D eigenvalue weighted by atomic mass is 16.5. The van der Waals surface area contributed by atoms with Crippen molar-refractivity contribution < 1.29 is 9.53 Å². The second-order valence-electron chi connectivity index (χ2n) is 7.72. The molecule has 0 spiro atoms. The van der Waals surface area contributed by atoms with Crippen LogP contribution < -0.4 is 11.5 Å². The lowest BCUT2D eigenvalue weighted by Gasteiger charge is -2.25. The largest absolute Gasteiger partial charge is 0.398 e. The van der Waals surface area contributed by atoms with E-state index in [1.165, 1.54) is 0 Å². The molecule has 0 saturated heterocycles. The standard InChI is InChI=1S/C22H38N6O2/c1-7-27(6)20(29)15-28(8-2)19(26-5)14-18(24)21(25)16(3)17(23)10-9-13-30-22(4)11-12-22/h9-10,14,25H,7-8,11-13,15,23-24H2,1-6H3/b10-9-,17-16-,18-14?,25-21?,26-19?. The molecule has 0 atom stereocenters. The van der Waals surface area contributed by atoms with E-state index in [9.17, 15) is 4.79 Å². The Morgan fingerprint density at radius 1 is 1.27 bits per heavy atom. The van der Waals surface area contributed by atoms with Crippen LogP contribution in [0, 0.1) is 5.41 Å². The third-order valence-corrected chi connectivity index (χ3v) is 5.32. The number of carbonyl (C=O) groups excluding carboxylic acids is 1. The number of allylic oxidation sites excluding steroid dienone is 2. The van der Waals surface area contributed by atoms with Crippen LogP contribution in [0.3, 0.4) is 0 Å². The molecule has 0 aliphatic heterocycles. The lowest BCUT2D eigenvalue weighted by atomic mass is 10.1. The summed E-state index contributed by atoms with van der Waals surface area (Å²) in [5, 5.41) is 8.38. The zero-order chi connectivity index (χ0) is 22.9. The normalized spacial score (nSPS) is 17.0. The van der Waals surface area contributed by atoms with Crippen molar-refractivity contribution in [1.29, 1.82) is 5.41 Å². The third-order valence-electron chi connectivity index (χ3n) is 5.32. The highest BCUT2D eigenvalue weighted by Gasteiger charge is 2.37. The maximum atomic E-state index is 12.3. The minimum atomic E-state index is -0.00437. The van der Waals surface area contributed by atoms with Gasteiger partial charge in [-0.2, -0.15) is 0 Å². The third kappa shape index (κ3) is 7.67. The average Bonchev–Trinajstić information content (AvgIpc) is 3.48. The van der Waals surface area contributed by atoms with E-state index in [0.717, 1.165) is 12.8 Å². The van der Waals surface area contributed by atoms with Gasteiger partial charge in [0, 0.05) is 39.0 Å². The number of nitrogens with two attached hydrogens (primary N) is 2. The van der Waals surface area contributed by atoms with Crippen LogP contribution in [0.2, 0.25) is 0 Å². The Morgan fingerprint density at radius 2 is 1.90 bits per heavy atom. The second kappa shape index (κ2) is 11.5. The van der Waals surface area contributed by atoms with Crippen LogP contribution in [-0.2, 0) is 9.53 Å². The first-order valence-electron chi connectivity index (χ1n) is 10.4. The van der Waals surface area contributed by atoms with Crippen LogP contribution in [0.1, 0.15) is 40.5 Å². The Balaban J connectivity index is 2.84. The molecule has 1 saturated carbocycles. The molecular weight excluding hydrogens is 380 g/mol. The predicted molar refractivity (Wildman–Crippen MR) is 124 cm³/mol. The highest BCUT2D eigenvalue weighted by Crippen LogP contribution is 2.38. The van der Waals surface area contributed by atoms with Gasteiger partial charge in [-0.1, -0.05) is 6.08 Å². The number of amides is 1. The number of aliphatic imine (C=N–C) groups is 1. The van der Waals surface area contributed by atoms with Crippen LogP contribution in [0.5, 0.6) is 0 Å². The number of rotatable bonds is 11. The van der Waals surface area contributed by atoms with Gasteiger partial charge in [-0.25, -0.2) is 0 Å². The van der Waals surface area contributed by atoms with Crippen LogP contribution in [0.25, 0.3) is 0 Å². The average molecular weight is 419 g/mol. The van der Waals surface area contributed by atoms with Crippen molar-refractivity contribution in [3.63, 3.8) is 0 Å². The SMILES string of the molecule is CCN(C)C(=O)CN(CC)C(C=C(N)C(=N)/C(C)=C(N)/C=C\COC1(C)CC1)=NC. The van der Waals surface area contributed by atoms with Gasteiger partial charge in [0.05, 0.1) is 30.2 Å². The molecular formula is C22H38N6O2. The van der Waals surface area contributed by atoms with E-state index in [1.54, 1.807) is 38.1 Å². The fourth-order valence-electron chi connectivity index (χ4n) is 2.55. The number of nitrogens with one attached hydrogen (secondary N) is 1. The number of likely N-dealkylation sites (N-methyl/N-ethyl adjacent to an activating group) is 2. The van der Waals surface area contributed by atoms with Crippen molar-refractivity contribution in [2.45, 2.75) is 46.1 Å². The molecule has 0 aromatic rings. The van der Waals surface area contributed by atoms with E-state index < -0.39 is 0 Å². The van der Waals surface area contributed by atoms with Gasteiger partial charge >= 0.3 is 0 Å². The van der Waals surface area contributed by atoms with Crippen molar-refractivity contribution in [1.82, 2.24) is 9.80 Å². The molecule has 1 aliphatic carbocycles. The highest BCUT2D eigenvalue weighted by molar-refractivity contribution is 6.13. The predicted octanol–water partition coefficient (Wildman–Crippen LogP) is 2.04. The summed E-state index contributed by atoms with van der Waals surface area (Å²) < 4.78 is 5.73. The number of hydrogen-bond donors (Lipinski definition) is 3. The molecule has 8 nitrogen and oxygen atoms in total. The van der Waals surface area contributed by atoms with Crippen LogP contribution >= 0.6 is 0 Å². The van der Waals surface area contributed by atoms with E-state index in [4.69, 9.17) is 21.6 Å². The lowest BCUT2D eigenvalue weighted by molar-refractivity contribution is -0.130. The Morgan fingerprint density at radius 3 is 2.40 bits per heavy atom. The number of nitrogens with zero attached hydrogens (tertiary/aromatic N) is 3. The Labute approximate surface area is 180 Å². The van der Waals surface area contributed by atoms with Crippen LogP contribution in [0.15, 0.2) is 40.2 Å². The molecule has 1 fully saturated rings. The molecule has 1 aliphatic rings. The zero-order valence-electron chi connectivity index (χ0n) is 19.3. The minimum absolute atomic E-state index is 0.00437.